The van der Waals surface area contributed by atoms with Gasteiger partial charge in [0.25, 0.3) is 0 Å². The molecule has 1 aromatic carbocycles. The number of hydrogen-bond acceptors (Lipinski definition) is 3. The summed E-state index contributed by atoms with van der Waals surface area (Å²) in [4.78, 5) is 37.3. The van der Waals surface area contributed by atoms with Crippen LogP contribution in [-0.2, 0) is 4.79 Å². The Morgan fingerprint density at radius 1 is 1.00 bits per heavy atom. The number of ketones is 2. The summed E-state index contributed by atoms with van der Waals surface area (Å²) in [6.45, 7) is 0.520. The summed E-state index contributed by atoms with van der Waals surface area (Å²) in [6.07, 6.45) is 2.47. The lowest BCUT2D eigenvalue weighted by atomic mass is 9.92. The third-order valence-electron chi connectivity index (χ3n) is 3.30. The van der Waals surface area contributed by atoms with Crippen molar-refractivity contribution < 1.29 is 14.4 Å². The maximum atomic E-state index is 12.3. The molecule has 1 fully saturated rings. The highest BCUT2D eigenvalue weighted by atomic mass is 16.2. The lowest BCUT2D eigenvalue weighted by Crippen LogP contribution is -2.32. The molecule has 1 heterocycles. The number of benzene rings is 1. The fourth-order valence-corrected chi connectivity index (χ4v) is 2.40. The van der Waals surface area contributed by atoms with Crippen LogP contribution in [0.1, 0.15) is 33.6 Å². The van der Waals surface area contributed by atoms with E-state index in [9.17, 15) is 14.4 Å². The molecule has 3 rings (SSSR count). The van der Waals surface area contributed by atoms with Gasteiger partial charge in [-0.3, -0.25) is 14.4 Å². The molecule has 0 bridgehead atoms. The molecule has 1 aliphatic heterocycles. The highest BCUT2D eigenvalue weighted by Crippen LogP contribution is 2.26. The van der Waals surface area contributed by atoms with Crippen molar-refractivity contribution in [2.45, 2.75) is 12.8 Å². The Hall–Kier alpha value is -2.23. The summed E-state index contributed by atoms with van der Waals surface area (Å²) in [5, 5.41) is 0. The zero-order valence-corrected chi connectivity index (χ0v) is 9.68. The molecule has 1 amide bonds. The second-order valence-corrected chi connectivity index (χ2v) is 4.42. The van der Waals surface area contributed by atoms with Crippen LogP contribution in [0.25, 0.3) is 0 Å². The van der Waals surface area contributed by atoms with E-state index >= 15 is 0 Å². The third kappa shape index (κ3) is 1.49. The average molecular weight is 241 g/mol. The predicted octanol–water partition coefficient (Wildman–Crippen LogP) is 1.57. The van der Waals surface area contributed by atoms with Gasteiger partial charge in [0, 0.05) is 30.2 Å². The molecule has 0 radical (unpaired) electrons. The molecular formula is C14H11NO3. The number of rotatable bonds is 1. The van der Waals surface area contributed by atoms with Crippen LogP contribution in [-0.4, -0.2) is 28.9 Å². The molecular weight excluding hydrogens is 230 g/mol. The highest BCUT2D eigenvalue weighted by molar-refractivity contribution is 6.25. The molecule has 0 atom stereocenters. The quantitative estimate of drug-likeness (QED) is 0.750. The summed E-state index contributed by atoms with van der Waals surface area (Å²) in [6, 6.07) is 6.71. The van der Waals surface area contributed by atoms with Crippen molar-refractivity contribution in [2.24, 2.45) is 0 Å². The Morgan fingerprint density at radius 2 is 1.72 bits per heavy atom. The minimum atomic E-state index is -0.236. The number of amides is 1. The van der Waals surface area contributed by atoms with Gasteiger partial charge in [0.2, 0.25) is 11.7 Å². The Bertz CT molecular complexity index is 601. The summed E-state index contributed by atoms with van der Waals surface area (Å²) in [5.74, 6) is -0.526. The first kappa shape index (κ1) is 10.9. The third-order valence-corrected chi connectivity index (χ3v) is 3.30. The molecule has 90 valence electrons. The van der Waals surface area contributed by atoms with E-state index in [4.69, 9.17) is 0 Å². The topological polar surface area (TPSA) is 54.5 Å². The SMILES string of the molecule is O=C1C=C(N2CCCC2=O)C(=O)c2ccccc21. The van der Waals surface area contributed by atoms with Crippen LogP contribution in [0.5, 0.6) is 0 Å². The van der Waals surface area contributed by atoms with Crippen molar-refractivity contribution in [3.05, 3.63) is 47.2 Å². The standard InChI is InChI=1S/C14H11NO3/c16-12-8-11(15-7-3-6-13(15)17)14(18)10-5-2-1-4-9(10)12/h1-2,4-5,8H,3,6-7H2. The second kappa shape index (κ2) is 3.91. The smallest absolute Gasteiger partial charge is 0.227 e. The number of carbonyl (C=O) groups is 3. The van der Waals surface area contributed by atoms with Gasteiger partial charge in [-0.05, 0) is 6.42 Å². The maximum absolute atomic E-state index is 12.3. The number of Topliss-reactive ketones (excluding diaryl/α,β-unsaturated/α-hetero) is 1. The fraction of sp³-hybridized carbons (Fsp3) is 0.214. The van der Waals surface area contributed by atoms with E-state index in [2.05, 4.69) is 0 Å². The summed E-state index contributed by atoms with van der Waals surface area (Å²) in [7, 11) is 0. The Morgan fingerprint density at radius 3 is 2.39 bits per heavy atom. The first-order chi connectivity index (χ1) is 8.68. The number of nitrogens with zero attached hydrogens (tertiary/aromatic N) is 1. The van der Waals surface area contributed by atoms with Crippen LogP contribution in [0.3, 0.4) is 0 Å². The van der Waals surface area contributed by atoms with Crippen LogP contribution in [0, 0.1) is 0 Å². The first-order valence-electron chi connectivity index (χ1n) is 5.88. The van der Waals surface area contributed by atoms with Gasteiger partial charge in [0.1, 0.15) is 0 Å². The predicted molar refractivity (Wildman–Crippen MR) is 64.1 cm³/mol. The summed E-state index contributed by atoms with van der Waals surface area (Å²) < 4.78 is 0. The van der Waals surface area contributed by atoms with E-state index in [1.807, 2.05) is 0 Å². The number of hydrogen-bond donors (Lipinski definition) is 0. The van der Waals surface area contributed by atoms with Gasteiger partial charge in [0.05, 0.1) is 5.70 Å². The molecule has 4 heteroatoms. The largest absolute Gasteiger partial charge is 0.309 e. The van der Waals surface area contributed by atoms with Gasteiger partial charge < -0.3 is 4.90 Å². The van der Waals surface area contributed by atoms with E-state index in [0.717, 1.165) is 6.42 Å². The fourth-order valence-electron chi connectivity index (χ4n) is 2.40. The van der Waals surface area contributed by atoms with Gasteiger partial charge in [-0.15, -0.1) is 0 Å². The highest BCUT2D eigenvalue weighted by Gasteiger charge is 2.33. The molecule has 4 nitrogen and oxygen atoms in total. The van der Waals surface area contributed by atoms with Gasteiger partial charge in [-0.25, -0.2) is 0 Å². The minimum Gasteiger partial charge on any atom is -0.309 e. The van der Waals surface area contributed by atoms with Crippen LogP contribution in [0.15, 0.2) is 36.0 Å². The maximum Gasteiger partial charge on any atom is 0.227 e. The van der Waals surface area contributed by atoms with Crippen molar-refractivity contribution in [1.29, 1.82) is 0 Å². The number of likely N-dealkylation sites (tertiary alicyclic amines) is 1. The van der Waals surface area contributed by atoms with Gasteiger partial charge >= 0.3 is 0 Å². The summed E-state index contributed by atoms with van der Waals surface area (Å²) >= 11 is 0. The molecule has 0 aromatic heterocycles. The molecule has 0 N–H and O–H groups in total. The molecule has 0 unspecified atom stereocenters. The number of carbonyl (C=O) groups excluding carboxylic acids is 3. The van der Waals surface area contributed by atoms with Crippen molar-refractivity contribution in [1.82, 2.24) is 4.90 Å². The Kier molecular flexibility index (Phi) is 2.37. The van der Waals surface area contributed by atoms with E-state index in [1.165, 1.54) is 11.0 Å². The normalized spacial score (nSPS) is 19.0. The average Bonchev–Trinajstić information content (AvgIpc) is 2.80. The lowest BCUT2D eigenvalue weighted by Gasteiger charge is -2.22. The van der Waals surface area contributed by atoms with Gasteiger partial charge in [-0.1, -0.05) is 24.3 Å². The van der Waals surface area contributed by atoms with Gasteiger partial charge in [0.15, 0.2) is 5.78 Å². The van der Waals surface area contributed by atoms with Crippen LogP contribution in [0.4, 0.5) is 0 Å². The molecule has 0 saturated carbocycles. The van der Waals surface area contributed by atoms with Crippen LogP contribution in [0.2, 0.25) is 0 Å². The number of allylic oxidation sites excluding steroid dienone is 2. The number of fused-ring (bicyclic) bond motifs is 1. The zero-order valence-electron chi connectivity index (χ0n) is 9.68. The summed E-state index contributed by atoms with van der Waals surface area (Å²) in [5.41, 5.74) is 1.03. The van der Waals surface area contributed by atoms with Crippen molar-refractivity contribution in [3.63, 3.8) is 0 Å². The second-order valence-electron chi connectivity index (χ2n) is 4.42. The molecule has 0 spiro atoms. The van der Waals surface area contributed by atoms with E-state index in [1.54, 1.807) is 24.3 Å². The van der Waals surface area contributed by atoms with E-state index < -0.39 is 0 Å². The van der Waals surface area contributed by atoms with Gasteiger partial charge in [-0.2, -0.15) is 0 Å². The monoisotopic (exact) mass is 241 g/mol. The van der Waals surface area contributed by atoms with E-state index in [-0.39, 0.29) is 23.2 Å². The van der Waals surface area contributed by atoms with Crippen LogP contribution >= 0.6 is 0 Å². The zero-order chi connectivity index (χ0) is 12.7. The molecule has 1 saturated heterocycles. The Labute approximate surface area is 104 Å². The van der Waals surface area contributed by atoms with Crippen molar-refractivity contribution >= 4 is 17.5 Å². The molecule has 1 aromatic rings. The van der Waals surface area contributed by atoms with Crippen molar-refractivity contribution in [2.75, 3.05) is 6.54 Å². The minimum absolute atomic E-state index is 0.0817. The van der Waals surface area contributed by atoms with Crippen LogP contribution < -0.4 is 0 Å². The molecule has 1 aliphatic carbocycles. The Balaban J connectivity index is 2.07. The van der Waals surface area contributed by atoms with Crippen molar-refractivity contribution in [3.8, 4) is 0 Å². The van der Waals surface area contributed by atoms with E-state index in [0.29, 0.717) is 24.1 Å². The lowest BCUT2D eigenvalue weighted by molar-refractivity contribution is -0.125. The molecule has 18 heavy (non-hydrogen) atoms. The molecule has 2 aliphatic rings. The first-order valence-corrected chi connectivity index (χ1v) is 5.88.